The first kappa shape index (κ1) is 21.0. The summed E-state index contributed by atoms with van der Waals surface area (Å²) in [7, 11) is -0.451. The van der Waals surface area contributed by atoms with Crippen LogP contribution in [0.15, 0.2) is 11.5 Å². The largest absolute Gasteiger partial charge is 0.492 e. The van der Waals surface area contributed by atoms with Crippen LogP contribution < -0.4 is 0 Å². The van der Waals surface area contributed by atoms with Crippen molar-refractivity contribution in [3.05, 3.63) is 11.5 Å². The molecule has 0 radical (unpaired) electrons. The van der Waals surface area contributed by atoms with Gasteiger partial charge in [-0.15, -0.1) is 11.6 Å². The van der Waals surface area contributed by atoms with Gasteiger partial charge in [0.2, 0.25) is 0 Å². The van der Waals surface area contributed by atoms with Gasteiger partial charge in [-0.2, -0.15) is 0 Å². The quantitative estimate of drug-likeness (QED) is 0.348. The van der Waals surface area contributed by atoms with E-state index in [2.05, 4.69) is 13.0 Å². The van der Waals surface area contributed by atoms with Crippen LogP contribution in [-0.4, -0.2) is 35.4 Å². The molecule has 23 heavy (non-hydrogen) atoms. The molecule has 0 aromatic carbocycles. The molecule has 1 fully saturated rings. The third kappa shape index (κ3) is 6.08. The van der Waals surface area contributed by atoms with E-state index in [1.165, 1.54) is 0 Å². The molecule has 0 aromatic heterocycles. The van der Waals surface area contributed by atoms with Crippen molar-refractivity contribution < 1.29 is 14.4 Å². The van der Waals surface area contributed by atoms with Crippen molar-refractivity contribution in [3.63, 3.8) is 0 Å². The third-order valence-corrected chi connectivity index (χ3v) is 5.23. The second-order valence-electron chi connectivity index (χ2n) is 7.49. The highest BCUT2D eigenvalue weighted by molar-refractivity contribution is 6.55. The second-order valence-corrected chi connectivity index (χ2v) is 7.87. The SMILES string of the molecule is CCCCCC(O)/C(=C\CCCCCl)B1OC(C)(C)C(C)(C)O1. The summed E-state index contributed by atoms with van der Waals surface area (Å²) in [4.78, 5) is 0. The fourth-order valence-electron chi connectivity index (χ4n) is 2.63. The summed E-state index contributed by atoms with van der Waals surface area (Å²) in [5, 5.41) is 10.6. The Hall–Kier alpha value is -0.0251. The van der Waals surface area contributed by atoms with Gasteiger partial charge in [-0.3, -0.25) is 0 Å². The Morgan fingerprint density at radius 3 is 2.22 bits per heavy atom. The normalized spacial score (nSPS) is 21.7. The van der Waals surface area contributed by atoms with Crippen LogP contribution in [0.4, 0.5) is 0 Å². The van der Waals surface area contributed by atoms with Crippen molar-refractivity contribution in [2.24, 2.45) is 0 Å². The summed E-state index contributed by atoms with van der Waals surface area (Å²) in [6, 6.07) is 0. The zero-order valence-electron chi connectivity index (χ0n) is 15.5. The van der Waals surface area contributed by atoms with E-state index in [0.717, 1.165) is 50.4 Å². The molecule has 0 saturated carbocycles. The summed E-state index contributed by atoms with van der Waals surface area (Å²) >= 11 is 5.75. The lowest BCUT2D eigenvalue weighted by molar-refractivity contribution is 0.00578. The summed E-state index contributed by atoms with van der Waals surface area (Å²) in [5.41, 5.74) is 0.126. The number of alkyl halides is 1. The number of unbranched alkanes of at least 4 members (excludes halogenated alkanes) is 4. The molecular weight excluding hydrogens is 310 g/mol. The van der Waals surface area contributed by atoms with E-state index < -0.39 is 13.2 Å². The number of aliphatic hydroxyl groups excluding tert-OH is 1. The van der Waals surface area contributed by atoms with Crippen LogP contribution in [0.2, 0.25) is 0 Å². The van der Waals surface area contributed by atoms with Gasteiger partial charge >= 0.3 is 7.12 Å². The van der Waals surface area contributed by atoms with Crippen LogP contribution >= 0.6 is 11.6 Å². The minimum atomic E-state index is -0.493. The Bertz CT molecular complexity index is 366. The fraction of sp³-hybridized carbons (Fsp3) is 0.889. The monoisotopic (exact) mass is 344 g/mol. The molecule has 1 heterocycles. The van der Waals surface area contributed by atoms with E-state index in [-0.39, 0.29) is 11.2 Å². The summed E-state index contributed by atoms with van der Waals surface area (Å²) in [6.45, 7) is 10.3. The maximum Gasteiger partial charge on any atom is 0.492 e. The van der Waals surface area contributed by atoms with Gasteiger partial charge in [0.25, 0.3) is 0 Å². The molecule has 1 atom stereocenters. The van der Waals surface area contributed by atoms with Gasteiger partial charge in [-0.25, -0.2) is 0 Å². The lowest BCUT2D eigenvalue weighted by Crippen LogP contribution is -2.41. The van der Waals surface area contributed by atoms with E-state index in [9.17, 15) is 5.11 Å². The van der Waals surface area contributed by atoms with E-state index >= 15 is 0 Å². The van der Waals surface area contributed by atoms with Gasteiger partial charge in [-0.05, 0) is 58.9 Å². The number of hydrogen-bond donors (Lipinski definition) is 1. The third-order valence-electron chi connectivity index (χ3n) is 4.96. The van der Waals surface area contributed by atoms with Gasteiger partial charge in [0.1, 0.15) is 0 Å². The average molecular weight is 345 g/mol. The van der Waals surface area contributed by atoms with E-state index in [0.29, 0.717) is 5.88 Å². The minimum Gasteiger partial charge on any atom is -0.400 e. The number of rotatable bonds is 10. The van der Waals surface area contributed by atoms with Gasteiger partial charge in [0.05, 0.1) is 17.3 Å². The topological polar surface area (TPSA) is 38.7 Å². The molecule has 0 aliphatic carbocycles. The van der Waals surface area contributed by atoms with Crippen LogP contribution in [0, 0.1) is 0 Å². The molecule has 0 amide bonds. The lowest BCUT2D eigenvalue weighted by Gasteiger charge is -2.32. The van der Waals surface area contributed by atoms with Gasteiger partial charge < -0.3 is 14.4 Å². The molecule has 1 rings (SSSR count). The van der Waals surface area contributed by atoms with Crippen LogP contribution in [0.1, 0.15) is 79.6 Å². The number of halogens is 1. The highest BCUT2D eigenvalue weighted by Crippen LogP contribution is 2.39. The number of hydrogen-bond acceptors (Lipinski definition) is 3. The standard InChI is InChI=1S/C18H34BClO3/c1-6-7-9-13-16(21)15(12-10-8-11-14-20)19-22-17(2,3)18(4,5)23-19/h12,16,21H,6-11,13-14H2,1-5H3/b15-12+. The molecule has 0 spiro atoms. The molecule has 0 bridgehead atoms. The molecular formula is C18H34BClO3. The zero-order valence-corrected chi connectivity index (χ0v) is 16.3. The minimum absolute atomic E-state index is 0.379. The predicted molar refractivity (Wildman–Crippen MR) is 98.9 cm³/mol. The molecule has 1 N–H and O–H groups in total. The van der Waals surface area contributed by atoms with Crippen LogP contribution in [0.25, 0.3) is 0 Å². The predicted octanol–water partition coefficient (Wildman–Crippen LogP) is 4.89. The van der Waals surface area contributed by atoms with Crippen LogP contribution in [0.5, 0.6) is 0 Å². The highest BCUT2D eigenvalue weighted by atomic mass is 35.5. The number of allylic oxidation sites excluding steroid dienone is 1. The first-order valence-electron chi connectivity index (χ1n) is 9.04. The van der Waals surface area contributed by atoms with Crippen molar-refractivity contribution in [3.8, 4) is 0 Å². The Balaban J connectivity index is 2.79. The Morgan fingerprint density at radius 2 is 1.70 bits per heavy atom. The maximum atomic E-state index is 10.6. The van der Waals surface area contributed by atoms with Gasteiger partial charge in [0, 0.05) is 5.88 Å². The van der Waals surface area contributed by atoms with E-state index in [1.807, 2.05) is 27.7 Å². The van der Waals surface area contributed by atoms with Gasteiger partial charge in [0.15, 0.2) is 0 Å². The second kappa shape index (κ2) is 9.46. The lowest BCUT2D eigenvalue weighted by atomic mass is 9.73. The van der Waals surface area contributed by atoms with Crippen LogP contribution in [0.3, 0.4) is 0 Å². The first-order chi connectivity index (χ1) is 10.7. The van der Waals surface area contributed by atoms with Crippen molar-refractivity contribution >= 4 is 18.7 Å². The molecule has 3 nitrogen and oxygen atoms in total. The molecule has 1 saturated heterocycles. The summed E-state index contributed by atoms with van der Waals surface area (Å²) in [6.07, 6.45) is 8.59. The van der Waals surface area contributed by atoms with Crippen molar-refractivity contribution in [1.82, 2.24) is 0 Å². The number of aliphatic hydroxyl groups is 1. The van der Waals surface area contributed by atoms with Crippen molar-refractivity contribution in [1.29, 1.82) is 0 Å². The van der Waals surface area contributed by atoms with E-state index in [1.54, 1.807) is 0 Å². The van der Waals surface area contributed by atoms with Crippen molar-refractivity contribution in [2.45, 2.75) is 96.9 Å². The highest BCUT2D eigenvalue weighted by Gasteiger charge is 2.53. The molecule has 5 heteroatoms. The molecule has 1 unspecified atom stereocenters. The smallest absolute Gasteiger partial charge is 0.400 e. The summed E-state index contributed by atoms with van der Waals surface area (Å²) in [5.74, 6) is 0.679. The maximum absolute atomic E-state index is 10.6. The summed E-state index contributed by atoms with van der Waals surface area (Å²) < 4.78 is 12.3. The van der Waals surface area contributed by atoms with E-state index in [4.69, 9.17) is 20.9 Å². The molecule has 0 aromatic rings. The van der Waals surface area contributed by atoms with Crippen molar-refractivity contribution in [2.75, 3.05) is 5.88 Å². The van der Waals surface area contributed by atoms with Gasteiger partial charge in [-0.1, -0.05) is 32.3 Å². The Labute approximate surface area is 147 Å². The zero-order chi connectivity index (χ0) is 17.5. The first-order valence-corrected chi connectivity index (χ1v) is 9.58. The Kier molecular flexibility index (Phi) is 8.64. The molecule has 1 aliphatic rings. The van der Waals surface area contributed by atoms with Crippen LogP contribution in [-0.2, 0) is 9.31 Å². The molecule has 1 aliphatic heterocycles. The molecule has 134 valence electrons. The fourth-order valence-corrected chi connectivity index (χ4v) is 2.82. The Morgan fingerprint density at radius 1 is 1.09 bits per heavy atom. The average Bonchev–Trinajstić information content (AvgIpc) is 2.67.